The van der Waals surface area contributed by atoms with Crippen LogP contribution in [0.25, 0.3) is 21.7 Å². The third-order valence-electron chi connectivity index (χ3n) is 6.19. The maximum atomic E-state index is 13.3. The molecule has 156 valence electrons. The number of rotatable bonds is 2. The lowest BCUT2D eigenvalue weighted by molar-refractivity contribution is 0.373. The van der Waals surface area contributed by atoms with Crippen molar-refractivity contribution in [1.82, 2.24) is 0 Å². The molecule has 5 nitrogen and oxygen atoms in total. The van der Waals surface area contributed by atoms with Crippen molar-refractivity contribution in [3.05, 3.63) is 106 Å². The Morgan fingerprint density at radius 2 is 1.69 bits per heavy atom. The first-order valence-corrected chi connectivity index (χ1v) is 10.4. The summed E-state index contributed by atoms with van der Waals surface area (Å²) in [7, 11) is 1.51. The second-order valence-electron chi connectivity index (χ2n) is 7.91. The first kappa shape index (κ1) is 18.5. The third kappa shape index (κ3) is 2.61. The molecule has 0 bridgehead atoms. The van der Waals surface area contributed by atoms with Gasteiger partial charge in [-0.1, -0.05) is 48.5 Å². The van der Waals surface area contributed by atoms with Gasteiger partial charge in [0.15, 0.2) is 11.5 Å². The van der Waals surface area contributed by atoms with E-state index in [1.807, 2.05) is 36.4 Å². The average Bonchev–Trinajstić information content (AvgIpc) is 2.83. The van der Waals surface area contributed by atoms with Gasteiger partial charge in [0.05, 0.1) is 18.4 Å². The molecule has 0 fully saturated rings. The number of phenolic OH excluding ortho intramolecular Hbond substituents is 1. The molecule has 4 aromatic carbocycles. The summed E-state index contributed by atoms with van der Waals surface area (Å²) in [4.78, 5) is 13.3. The Kier molecular flexibility index (Phi) is 3.98. The second-order valence-corrected chi connectivity index (χ2v) is 7.91. The number of para-hydroxylation sites is 1. The molecule has 2 heterocycles. The highest BCUT2D eigenvalue weighted by Gasteiger charge is 2.33. The van der Waals surface area contributed by atoms with Crippen LogP contribution in [0.5, 0.6) is 11.5 Å². The van der Waals surface area contributed by atoms with Crippen LogP contribution in [-0.2, 0) is 0 Å². The number of hydrogen-bond acceptors (Lipinski definition) is 5. The van der Waals surface area contributed by atoms with E-state index in [1.165, 1.54) is 7.11 Å². The normalized spacial score (nSPS) is 14.6. The summed E-state index contributed by atoms with van der Waals surface area (Å²) in [5.41, 5.74) is 4.20. The molecular formula is C27H19NO4. The van der Waals surface area contributed by atoms with Gasteiger partial charge in [-0.15, -0.1) is 0 Å². The van der Waals surface area contributed by atoms with Gasteiger partial charge in [0.1, 0.15) is 5.58 Å². The van der Waals surface area contributed by atoms with Crippen LogP contribution in [0.2, 0.25) is 0 Å². The molecule has 32 heavy (non-hydrogen) atoms. The van der Waals surface area contributed by atoms with Gasteiger partial charge in [-0.05, 0) is 52.2 Å². The standard InChI is InChI=1S/C27H19NO4/c1-31-22-14-16(11-13-20(22)29)23-24-17-7-3-2-6-15(17)10-12-19(24)28-26-18-8-4-5-9-21(18)32-27(30)25(23)26/h2-14,23,28-29H,1H3/t23-/m0/s1. The van der Waals surface area contributed by atoms with Crippen LogP contribution in [0.3, 0.4) is 0 Å². The number of benzene rings is 4. The van der Waals surface area contributed by atoms with Crippen LogP contribution in [0.1, 0.15) is 22.6 Å². The van der Waals surface area contributed by atoms with Crippen molar-refractivity contribution in [2.75, 3.05) is 12.4 Å². The van der Waals surface area contributed by atoms with E-state index in [4.69, 9.17) is 9.15 Å². The minimum atomic E-state index is -0.400. The molecule has 1 aliphatic rings. The molecule has 0 unspecified atom stereocenters. The highest BCUT2D eigenvalue weighted by atomic mass is 16.5. The zero-order chi connectivity index (χ0) is 21.8. The summed E-state index contributed by atoms with van der Waals surface area (Å²) in [6.07, 6.45) is 0. The molecule has 0 aliphatic carbocycles. The van der Waals surface area contributed by atoms with Gasteiger partial charge in [-0.2, -0.15) is 0 Å². The fourth-order valence-corrected chi connectivity index (χ4v) is 4.76. The van der Waals surface area contributed by atoms with Crippen LogP contribution in [0.15, 0.2) is 88.1 Å². The first-order valence-electron chi connectivity index (χ1n) is 10.4. The van der Waals surface area contributed by atoms with Crippen molar-refractivity contribution in [3.63, 3.8) is 0 Å². The number of anilines is 2. The molecule has 0 saturated carbocycles. The number of hydrogen-bond donors (Lipinski definition) is 2. The van der Waals surface area contributed by atoms with Crippen LogP contribution < -0.4 is 15.7 Å². The van der Waals surface area contributed by atoms with E-state index in [-0.39, 0.29) is 11.4 Å². The van der Waals surface area contributed by atoms with Crippen molar-refractivity contribution in [3.8, 4) is 11.5 Å². The van der Waals surface area contributed by atoms with E-state index >= 15 is 0 Å². The highest BCUT2D eigenvalue weighted by molar-refractivity contribution is 6.00. The lowest BCUT2D eigenvalue weighted by Gasteiger charge is -2.31. The molecule has 0 amide bonds. The van der Waals surface area contributed by atoms with Gasteiger partial charge < -0.3 is 19.6 Å². The number of aromatic hydroxyl groups is 1. The maximum Gasteiger partial charge on any atom is 0.342 e. The topological polar surface area (TPSA) is 71.7 Å². The van der Waals surface area contributed by atoms with Crippen molar-refractivity contribution in [1.29, 1.82) is 0 Å². The molecule has 1 aromatic heterocycles. The molecule has 0 spiro atoms. The Bertz CT molecular complexity index is 1580. The minimum Gasteiger partial charge on any atom is -0.504 e. The Morgan fingerprint density at radius 3 is 2.53 bits per heavy atom. The van der Waals surface area contributed by atoms with Gasteiger partial charge in [-0.25, -0.2) is 4.79 Å². The van der Waals surface area contributed by atoms with Gasteiger partial charge >= 0.3 is 5.63 Å². The molecule has 6 rings (SSSR count). The third-order valence-corrected chi connectivity index (χ3v) is 6.19. The van der Waals surface area contributed by atoms with Crippen LogP contribution in [0, 0.1) is 0 Å². The maximum absolute atomic E-state index is 13.3. The van der Waals surface area contributed by atoms with E-state index < -0.39 is 5.92 Å². The first-order chi connectivity index (χ1) is 15.7. The van der Waals surface area contributed by atoms with Crippen molar-refractivity contribution in [2.24, 2.45) is 0 Å². The molecule has 1 aliphatic heterocycles. The lowest BCUT2D eigenvalue weighted by atomic mass is 9.79. The van der Waals surface area contributed by atoms with E-state index in [0.29, 0.717) is 16.9 Å². The summed E-state index contributed by atoms with van der Waals surface area (Å²) < 4.78 is 11.1. The number of phenols is 1. The number of methoxy groups -OCH3 is 1. The summed E-state index contributed by atoms with van der Waals surface area (Å²) >= 11 is 0. The van der Waals surface area contributed by atoms with Gasteiger partial charge in [-0.3, -0.25) is 0 Å². The van der Waals surface area contributed by atoms with Crippen LogP contribution in [-0.4, -0.2) is 12.2 Å². The molecule has 0 saturated heterocycles. The number of fused-ring (bicyclic) bond motifs is 6. The molecule has 2 N–H and O–H groups in total. The summed E-state index contributed by atoms with van der Waals surface area (Å²) in [5.74, 6) is 0.00588. The van der Waals surface area contributed by atoms with Gasteiger partial charge in [0.25, 0.3) is 0 Å². The van der Waals surface area contributed by atoms with Gasteiger partial charge in [0, 0.05) is 17.0 Å². The molecule has 0 radical (unpaired) electrons. The summed E-state index contributed by atoms with van der Waals surface area (Å²) in [6.45, 7) is 0. The largest absolute Gasteiger partial charge is 0.504 e. The summed E-state index contributed by atoms with van der Waals surface area (Å²) in [6, 6.07) is 25.0. The highest BCUT2D eigenvalue weighted by Crippen LogP contribution is 2.49. The molecule has 5 heteroatoms. The zero-order valence-electron chi connectivity index (χ0n) is 17.3. The zero-order valence-corrected chi connectivity index (χ0v) is 17.3. The second kappa shape index (κ2) is 6.89. The van der Waals surface area contributed by atoms with E-state index in [9.17, 15) is 9.90 Å². The molecule has 5 aromatic rings. The predicted molar refractivity (Wildman–Crippen MR) is 125 cm³/mol. The fraction of sp³-hybridized carbons (Fsp3) is 0.0741. The molecular weight excluding hydrogens is 402 g/mol. The Balaban J connectivity index is 1.75. The number of ether oxygens (including phenoxy) is 1. The smallest absolute Gasteiger partial charge is 0.342 e. The minimum absolute atomic E-state index is 0.0501. The lowest BCUT2D eigenvalue weighted by Crippen LogP contribution is -2.22. The quantitative estimate of drug-likeness (QED) is 0.341. The van der Waals surface area contributed by atoms with E-state index in [0.717, 1.165) is 38.7 Å². The Labute approximate surface area is 183 Å². The summed E-state index contributed by atoms with van der Waals surface area (Å²) in [5, 5.41) is 16.7. The van der Waals surface area contributed by atoms with Crippen molar-refractivity contribution < 1.29 is 14.3 Å². The number of nitrogens with one attached hydrogen (secondary N) is 1. The van der Waals surface area contributed by atoms with Crippen LogP contribution in [0.4, 0.5) is 11.4 Å². The van der Waals surface area contributed by atoms with E-state index in [1.54, 1.807) is 18.2 Å². The van der Waals surface area contributed by atoms with Crippen molar-refractivity contribution in [2.45, 2.75) is 5.92 Å². The van der Waals surface area contributed by atoms with Crippen LogP contribution >= 0.6 is 0 Å². The average molecular weight is 421 g/mol. The Hall–Kier alpha value is -4.25. The van der Waals surface area contributed by atoms with Crippen molar-refractivity contribution >= 4 is 33.1 Å². The fourth-order valence-electron chi connectivity index (χ4n) is 4.76. The monoisotopic (exact) mass is 421 g/mol. The van der Waals surface area contributed by atoms with Gasteiger partial charge in [0.2, 0.25) is 0 Å². The SMILES string of the molecule is COc1cc([C@@H]2c3c(c4ccccc4oc3=O)Nc3ccc4ccccc4c32)ccc1O. The van der Waals surface area contributed by atoms with E-state index in [2.05, 4.69) is 29.6 Å². The Morgan fingerprint density at radius 1 is 0.906 bits per heavy atom. The molecule has 1 atom stereocenters. The predicted octanol–water partition coefficient (Wildman–Crippen LogP) is 5.90.